The first-order valence-corrected chi connectivity index (χ1v) is 10.4. The molecule has 2 aromatic rings. The lowest BCUT2D eigenvalue weighted by molar-refractivity contribution is 0.000564. The number of carbonyl (C=O) groups is 1. The number of benzene rings is 2. The molecule has 0 bridgehead atoms. The highest BCUT2D eigenvalue weighted by molar-refractivity contribution is 5.69. The highest BCUT2D eigenvalue weighted by Gasteiger charge is 2.30. The number of nitrogens with zero attached hydrogens (tertiary/aromatic N) is 2. The lowest BCUT2D eigenvalue weighted by Crippen LogP contribution is -2.54. The standard InChI is InChI=1S/C24H32FN3O2/c1-17-15-27(11-12-28(17)23(29)30-24(2,3)4)16-18-7-6-8-19(13-18)20-9-10-21(25)22(14-20)26-5/h6-10,13-14,17,26H,11-12,15-16H2,1-5H3/t17-/m0/s1. The Morgan fingerprint density at radius 2 is 1.90 bits per heavy atom. The zero-order chi connectivity index (χ0) is 21.9. The minimum atomic E-state index is -0.484. The number of ether oxygens (including phenoxy) is 1. The van der Waals surface area contributed by atoms with E-state index in [-0.39, 0.29) is 18.0 Å². The Morgan fingerprint density at radius 3 is 2.57 bits per heavy atom. The summed E-state index contributed by atoms with van der Waals surface area (Å²) in [6, 6.07) is 13.5. The van der Waals surface area contributed by atoms with Crippen molar-refractivity contribution in [2.45, 2.75) is 45.9 Å². The minimum Gasteiger partial charge on any atom is -0.444 e. The Hall–Kier alpha value is -2.60. The van der Waals surface area contributed by atoms with E-state index in [4.69, 9.17) is 4.74 Å². The van der Waals surface area contributed by atoms with Crippen molar-refractivity contribution in [3.8, 4) is 11.1 Å². The fourth-order valence-corrected chi connectivity index (χ4v) is 3.77. The van der Waals surface area contributed by atoms with Gasteiger partial charge in [-0.15, -0.1) is 0 Å². The van der Waals surface area contributed by atoms with Crippen molar-refractivity contribution in [3.05, 3.63) is 53.8 Å². The predicted molar refractivity (Wildman–Crippen MR) is 119 cm³/mol. The third kappa shape index (κ3) is 5.51. The van der Waals surface area contributed by atoms with Crippen molar-refractivity contribution in [3.63, 3.8) is 0 Å². The molecular formula is C24H32FN3O2. The van der Waals surface area contributed by atoms with Crippen LogP contribution >= 0.6 is 0 Å². The van der Waals surface area contributed by atoms with E-state index in [9.17, 15) is 9.18 Å². The summed E-state index contributed by atoms with van der Waals surface area (Å²) in [4.78, 5) is 16.6. The van der Waals surface area contributed by atoms with Gasteiger partial charge in [0.25, 0.3) is 0 Å². The summed E-state index contributed by atoms with van der Waals surface area (Å²) in [6.07, 6.45) is -0.242. The van der Waals surface area contributed by atoms with Gasteiger partial charge in [-0.25, -0.2) is 9.18 Å². The molecule has 1 fully saturated rings. The molecule has 5 nitrogen and oxygen atoms in total. The molecule has 1 atom stereocenters. The third-order valence-electron chi connectivity index (χ3n) is 5.24. The first kappa shape index (κ1) is 22.1. The van der Waals surface area contributed by atoms with E-state index in [0.29, 0.717) is 12.2 Å². The quantitative estimate of drug-likeness (QED) is 0.768. The van der Waals surface area contributed by atoms with Gasteiger partial charge in [-0.3, -0.25) is 4.90 Å². The van der Waals surface area contributed by atoms with Crippen LogP contribution in [-0.2, 0) is 11.3 Å². The molecule has 0 aliphatic carbocycles. The Bertz CT molecular complexity index is 894. The number of carbonyl (C=O) groups excluding carboxylic acids is 1. The van der Waals surface area contributed by atoms with Crippen LogP contribution in [0.15, 0.2) is 42.5 Å². The molecule has 1 aliphatic rings. The van der Waals surface area contributed by atoms with Crippen molar-refractivity contribution in [2.24, 2.45) is 0 Å². The van der Waals surface area contributed by atoms with Crippen LogP contribution in [0.1, 0.15) is 33.3 Å². The van der Waals surface area contributed by atoms with Gasteiger partial charge in [0.2, 0.25) is 0 Å². The largest absolute Gasteiger partial charge is 0.444 e. The first-order valence-electron chi connectivity index (χ1n) is 10.4. The molecule has 0 spiro atoms. The number of amides is 1. The fraction of sp³-hybridized carbons (Fsp3) is 0.458. The van der Waals surface area contributed by atoms with Crippen LogP contribution in [0, 0.1) is 5.82 Å². The molecule has 3 rings (SSSR count). The SMILES string of the molecule is CNc1cc(-c2cccc(CN3CCN(C(=O)OC(C)(C)C)[C@@H](C)C3)c2)ccc1F. The summed E-state index contributed by atoms with van der Waals surface area (Å²) in [5.74, 6) is -0.255. The van der Waals surface area contributed by atoms with Crippen LogP contribution in [0.4, 0.5) is 14.9 Å². The smallest absolute Gasteiger partial charge is 0.410 e. The van der Waals surface area contributed by atoms with E-state index in [2.05, 4.69) is 29.3 Å². The van der Waals surface area contributed by atoms with Gasteiger partial charge in [0.05, 0.1) is 5.69 Å². The molecule has 0 unspecified atom stereocenters. The second kappa shape index (κ2) is 9.04. The lowest BCUT2D eigenvalue weighted by Gasteiger charge is -2.40. The molecule has 6 heteroatoms. The summed E-state index contributed by atoms with van der Waals surface area (Å²) in [7, 11) is 1.72. The van der Waals surface area contributed by atoms with Crippen LogP contribution in [0.3, 0.4) is 0 Å². The normalized spacial score (nSPS) is 17.7. The van der Waals surface area contributed by atoms with Crippen molar-refractivity contribution in [2.75, 3.05) is 32.0 Å². The van der Waals surface area contributed by atoms with Crippen LogP contribution < -0.4 is 5.32 Å². The van der Waals surface area contributed by atoms with Gasteiger partial charge in [-0.1, -0.05) is 24.3 Å². The third-order valence-corrected chi connectivity index (χ3v) is 5.24. The van der Waals surface area contributed by atoms with Crippen molar-refractivity contribution >= 4 is 11.8 Å². The summed E-state index contributed by atoms with van der Waals surface area (Å²) >= 11 is 0. The van der Waals surface area contributed by atoms with Gasteiger partial charge in [0, 0.05) is 39.3 Å². The van der Waals surface area contributed by atoms with E-state index < -0.39 is 5.60 Å². The molecule has 1 N–H and O–H groups in total. The molecule has 162 valence electrons. The van der Waals surface area contributed by atoms with Gasteiger partial charge in [0.1, 0.15) is 11.4 Å². The number of anilines is 1. The van der Waals surface area contributed by atoms with Gasteiger partial charge in [-0.2, -0.15) is 0 Å². The zero-order valence-electron chi connectivity index (χ0n) is 18.5. The molecule has 0 aromatic heterocycles. The number of halogens is 1. The number of nitrogens with one attached hydrogen (secondary N) is 1. The fourth-order valence-electron chi connectivity index (χ4n) is 3.77. The van der Waals surface area contributed by atoms with Crippen LogP contribution in [0.25, 0.3) is 11.1 Å². The van der Waals surface area contributed by atoms with Gasteiger partial charge < -0.3 is 15.0 Å². The average molecular weight is 414 g/mol. The Balaban J connectivity index is 1.66. The van der Waals surface area contributed by atoms with Gasteiger partial charge >= 0.3 is 6.09 Å². The van der Waals surface area contributed by atoms with Crippen LogP contribution in [0.2, 0.25) is 0 Å². The number of piperazine rings is 1. The number of hydrogen-bond donors (Lipinski definition) is 1. The Kier molecular flexibility index (Phi) is 6.66. The second-order valence-corrected chi connectivity index (χ2v) is 8.90. The molecule has 1 amide bonds. The maximum Gasteiger partial charge on any atom is 0.410 e. The summed E-state index contributed by atoms with van der Waals surface area (Å²) in [5, 5.41) is 2.89. The molecule has 1 aliphatic heterocycles. The molecule has 1 heterocycles. The maximum absolute atomic E-state index is 13.8. The summed E-state index contributed by atoms with van der Waals surface area (Å²) < 4.78 is 19.3. The van der Waals surface area contributed by atoms with E-state index in [1.807, 2.05) is 43.9 Å². The lowest BCUT2D eigenvalue weighted by atomic mass is 10.0. The van der Waals surface area contributed by atoms with E-state index in [0.717, 1.165) is 30.8 Å². The van der Waals surface area contributed by atoms with E-state index >= 15 is 0 Å². The van der Waals surface area contributed by atoms with E-state index in [1.165, 1.54) is 11.6 Å². The maximum atomic E-state index is 13.8. The molecule has 30 heavy (non-hydrogen) atoms. The van der Waals surface area contributed by atoms with Crippen LogP contribution in [-0.4, -0.2) is 54.2 Å². The van der Waals surface area contributed by atoms with Crippen molar-refractivity contribution in [1.29, 1.82) is 0 Å². The van der Waals surface area contributed by atoms with Gasteiger partial charge in [-0.05, 0) is 62.6 Å². The molecule has 0 radical (unpaired) electrons. The Morgan fingerprint density at radius 1 is 1.17 bits per heavy atom. The van der Waals surface area contributed by atoms with Crippen molar-refractivity contribution < 1.29 is 13.9 Å². The molecule has 1 saturated heterocycles. The molecule has 2 aromatic carbocycles. The topological polar surface area (TPSA) is 44.8 Å². The Labute approximate surface area is 178 Å². The first-order chi connectivity index (χ1) is 14.2. The highest BCUT2D eigenvalue weighted by atomic mass is 19.1. The zero-order valence-corrected chi connectivity index (χ0v) is 18.5. The number of rotatable bonds is 4. The average Bonchev–Trinajstić information content (AvgIpc) is 2.67. The summed E-state index contributed by atoms with van der Waals surface area (Å²) in [6.45, 7) is 10.8. The van der Waals surface area contributed by atoms with Crippen molar-refractivity contribution in [1.82, 2.24) is 9.80 Å². The highest BCUT2D eigenvalue weighted by Crippen LogP contribution is 2.26. The summed E-state index contributed by atoms with van der Waals surface area (Å²) in [5.41, 5.74) is 3.24. The molecule has 0 saturated carbocycles. The second-order valence-electron chi connectivity index (χ2n) is 8.90. The number of hydrogen-bond acceptors (Lipinski definition) is 4. The minimum absolute atomic E-state index is 0.0899. The van der Waals surface area contributed by atoms with Gasteiger partial charge in [0.15, 0.2) is 0 Å². The monoisotopic (exact) mass is 413 g/mol. The van der Waals surface area contributed by atoms with E-state index in [1.54, 1.807) is 13.1 Å². The van der Waals surface area contributed by atoms with Crippen LogP contribution in [0.5, 0.6) is 0 Å². The molecular weight excluding hydrogens is 381 g/mol. The predicted octanol–water partition coefficient (Wildman–Crippen LogP) is 4.98.